The van der Waals surface area contributed by atoms with E-state index in [1.54, 1.807) is 18.4 Å². The fraction of sp³-hybridized carbons (Fsp3) is 0.111. The van der Waals surface area contributed by atoms with Gasteiger partial charge in [-0.2, -0.15) is 0 Å². The van der Waals surface area contributed by atoms with Crippen molar-refractivity contribution in [3.63, 3.8) is 0 Å². The molecule has 2 aliphatic rings. The number of dihydropyridines is 1. The summed E-state index contributed by atoms with van der Waals surface area (Å²) in [4.78, 5) is 22.1. The zero-order chi connectivity index (χ0) is 9.97. The van der Waals surface area contributed by atoms with Gasteiger partial charge in [0.25, 0.3) is 0 Å². The molecule has 2 rings (SSSR count). The Morgan fingerprint density at radius 2 is 2.00 bits per heavy atom. The minimum Gasteiger partial charge on any atom is -0.431 e. The third-order valence-corrected chi connectivity index (χ3v) is 1.67. The molecule has 2 aliphatic heterocycles. The van der Waals surface area contributed by atoms with Gasteiger partial charge in [0.1, 0.15) is 0 Å². The highest BCUT2D eigenvalue weighted by atomic mass is 16.6. The van der Waals surface area contributed by atoms with E-state index in [2.05, 4.69) is 5.32 Å². The third-order valence-electron chi connectivity index (χ3n) is 1.67. The van der Waals surface area contributed by atoms with Crippen LogP contribution in [0.3, 0.4) is 0 Å². The molecule has 1 N–H and O–H groups in total. The number of carbonyl (C=O) groups excluding carboxylic acids is 2. The van der Waals surface area contributed by atoms with Gasteiger partial charge in [-0.1, -0.05) is 0 Å². The van der Waals surface area contributed by atoms with Crippen LogP contribution in [-0.2, 0) is 19.1 Å². The summed E-state index contributed by atoms with van der Waals surface area (Å²) in [7, 11) is 0. The third kappa shape index (κ3) is 1.66. The van der Waals surface area contributed by atoms with Crippen LogP contribution in [0.15, 0.2) is 36.3 Å². The molecule has 1 unspecified atom stereocenters. The molecule has 0 fully saturated rings. The fourth-order valence-corrected chi connectivity index (χ4v) is 1.08. The van der Waals surface area contributed by atoms with Crippen molar-refractivity contribution in [2.75, 3.05) is 0 Å². The molecule has 0 aromatic heterocycles. The Bertz CT molecular complexity index is 367. The van der Waals surface area contributed by atoms with Crippen LogP contribution in [0.1, 0.15) is 0 Å². The molecule has 2 heterocycles. The van der Waals surface area contributed by atoms with Crippen molar-refractivity contribution in [3.8, 4) is 0 Å². The fourth-order valence-electron chi connectivity index (χ4n) is 1.08. The molecular formula is C9H7NO4. The number of fused-ring (bicyclic) bond motifs is 1. The van der Waals surface area contributed by atoms with Crippen molar-refractivity contribution in [2.24, 2.45) is 0 Å². The van der Waals surface area contributed by atoms with Crippen LogP contribution in [0.25, 0.3) is 0 Å². The summed E-state index contributed by atoms with van der Waals surface area (Å²) in [6, 6.07) is 0. The van der Waals surface area contributed by atoms with E-state index in [0.717, 1.165) is 12.2 Å². The van der Waals surface area contributed by atoms with Gasteiger partial charge in [0.15, 0.2) is 5.76 Å². The van der Waals surface area contributed by atoms with Crippen LogP contribution in [0.4, 0.5) is 0 Å². The molecule has 0 radical (unpaired) electrons. The number of allylic oxidation sites excluding steroid dienone is 2. The quantitative estimate of drug-likeness (QED) is 0.547. The zero-order valence-electron chi connectivity index (χ0n) is 7.10. The highest BCUT2D eigenvalue weighted by molar-refractivity contribution is 5.92. The summed E-state index contributed by atoms with van der Waals surface area (Å²) in [6.45, 7) is 0. The second-order valence-electron chi connectivity index (χ2n) is 2.67. The maximum atomic E-state index is 11.0. The van der Waals surface area contributed by atoms with Crippen molar-refractivity contribution in [1.82, 2.24) is 5.32 Å². The van der Waals surface area contributed by atoms with E-state index in [4.69, 9.17) is 9.47 Å². The molecule has 0 aromatic carbocycles. The van der Waals surface area contributed by atoms with Gasteiger partial charge >= 0.3 is 11.9 Å². The lowest BCUT2D eigenvalue weighted by Crippen LogP contribution is -2.35. The van der Waals surface area contributed by atoms with E-state index in [1.807, 2.05) is 0 Å². The number of nitrogens with one attached hydrogen (secondary N) is 1. The SMILES string of the molecule is O=C1/C=C\C(=O)OC2NC=CC=C2O1. The van der Waals surface area contributed by atoms with Gasteiger partial charge < -0.3 is 14.8 Å². The monoisotopic (exact) mass is 193 g/mol. The lowest BCUT2D eigenvalue weighted by atomic mass is 10.3. The summed E-state index contributed by atoms with van der Waals surface area (Å²) in [6.07, 6.45) is 6.14. The van der Waals surface area contributed by atoms with Gasteiger partial charge in [-0.25, -0.2) is 9.59 Å². The number of carbonyl (C=O) groups is 2. The first-order chi connectivity index (χ1) is 6.75. The van der Waals surface area contributed by atoms with Crippen molar-refractivity contribution >= 4 is 11.9 Å². The predicted molar refractivity (Wildman–Crippen MR) is 45.5 cm³/mol. The van der Waals surface area contributed by atoms with E-state index < -0.39 is 18.2 Å². The van der Waals surface area contributed by atoms with Gasteiger partial charge in [0, 0.05) is 18.4 Å². The highest BCUT2D eigenvalue weighted by Gasteiger charge is 2.23. The van der Waals surface area contributed by atoms with Crippen LogP contribution in [-0.4, -0.2) is 18.2 Å². The largest absolute Gasteiger partial charge is 0.431 e. The first kappa shape index (κ1) is 8.55. The molecule has 72 valence electrons. The van der Waals surface area contributed by atoms with Gasteiger partial charge in [-0.05, 0) is 12.2 Å². The molecule has 0 saturated heterocycles. The average Bonchev–Trinajstić information content (AvgIpc) is 2.16. The molecular weight excluding hydrogens is 186 g/mol. The molecule has 5 nitrogen and oxygen atoms in total. The zero-order valence-corrected chi connectivity index (χ0v) is 7.10. The van der Waals surface area contributed by atoms with Crippen molar-refractivity contribution < 1.29 is 19.1 Å². The van der Waals surface area contributed by atoms with Crippen LogP contribution >= 0.6 is 0 Å². The van der Waals surface area contributed by atoms with Crippen LogP contribution in [0.5, 0.6) is 0 Å². The number of rotatable bonds is 0. The highest BCUT2D eigenvalue weighted by Crippen LogP contribution is 2.13. The molecule has 1 atom stereocenters. The normalized spacial score (nSPS) is 27.1. The average molecular weight is 193 g/mol. The van der Waals surface area contributed by atoms with E-state index in [0.29, 0.717) is 0 Å². The van der Waals surface area contributed by atoms with E-state index in [1.165, 1.54) is 0 Å². The van der Waals surface area contributed by atoms with Gasteiger partial charge in [-0.15, -0.1) is 0 Å². The van der Waals surface area contributed by atoms with E-state index in [9.17, 15) is 9.59 Å². The predicted octanol–water partition coefficient (Wildman–Crippen LogP) is -0.0305. The van der Waals surface area contributed by atoms with Crippen LogP contribution < -0.4 is 5.32 Å². The lowest BCUT2D eigenvalue weighted by molar-refractivity contribution is -0.150. The Hall–Kier alpha value is -2.04. The van der Waals surface area contributed by atoms with Gasteiger partial charge in [0.2, 0.25) is 6.23 Å². The number of ether oxygens (including phenoxy) is 2. The summed E-state index contributed by atoms with van der Waals surface area (Å²) < 4.78 is 9.80. The number of hydrogen-bond acceptors (Lipinski definition) is 5. The molecule has 0 aromatic rings. The molecule has 5 heteroatoms. The maximum Gasteiger partial charge on any atom is 0.336 e. The number of hydrogen-bond donors (Lipinski definition) is 1. The van der Waals surface area contributed by atoms with Gasteiger partial charge in [-0.3, -0.25) is 0 Å². The first-order valence-corrected chi connectivity index (χ1v) is 3.99. The Morgan fingerprint density at radius 3 is 2.86 bits per heavy atom. The minimum atomic E-state index is -0.721. The summed E-state index contributed by atoms with van der Waals surface area (Å²) in [5.74, 6) is -0.898. The molecule has 0 aliphatic carbocycles. The van der Waals surface area contributed by atoms with Crippen molar-refractivity contribution in [1.29, 1.82) is 0 Å². The van der Waals surface area contributed by atoms with Crippen LogP contribution in [0, 0.1) is 0 Å². The second-order valence-corrected chi connectivity index (χ2v) is 2.67. The Labute approximate surface area is 79.7 Å². The second kappa shape index (κ2) is 3.37. The molecule has 0 bridgehead atoms. The van der Waals surface area contributed by atoms with E-state index in [-0.39, 0.29) is 5.76 Å². The molecule has 14 heavy (non-hydrogen) atoms. The van der Waals surface area contributed by atoms with Crippen molar-refractivity contribution in [3.05, 3.63) is 36.3 Å². The summed E-state index contributed by atoms with van der Waals surface area (Å²) in [5.41, 5.74) is 0. The first-order valence-electron chi connectivity index (χ1n) is 3.99. The number of esters is 2. The topological polar surface area (TPSA) is 64.6 Å². The van der Waals surface area contributed by atoms with E-state index >= 15 is 0 Å². The lowest BCUT2D eigenvalue weighted by Gasteiger charge is -2.22. The summed E-state index contributed by atoms with van der Waals surface area (Å²) >= 11 is 0. The molecule has 0 saturated carbocycles. The minimum absolute atomic E-state index is 0.273. The standard InChI is InChI=1S/C9H7NO4/c11-7-3-4-8(12)14-9-6(13-7)2-1-5-10-9/h1-5,9-10H/b4-3-. The Kier molecular flexibility index (Phi) is 2.06. The Morgan fingerprint density at radius 1 is 1.21 bits per heavy atom. The van der Waals surface area contributed by atoms with Crippen LogP contribution in [0.2, 0.25) is 0 Å². The molecule has 0 amide bonds. The summed E-state index contributed by atoms with van der Waals surface area (Å²) in [5, 5.41) is 2.74. The smallest absolute Gasteiger partial charge is 0.336 e. The molecule has 0 spiro atoms. The maximum absolute atomic E-state index is 11.0. The van der Waals surface area contributed by atoms with Gasteiger partial charge in [0.05, 0.1) is 0 Å². The Balaban J connectivity index is 2.28. The van der Waals surface area contributed by atoms with Crippen molar-refractivity contribution in [2.45, 2.75) is 6.23 Å².